The molecular weight excluding hydrogens is 331 g/mol. The Hall–Kier alpha value is -2.63. The SMILES string of the molecule is O=C(CCc1ccc(C(F)(F)F)cc1)C(=O)NCCc1ccccc1. The van der Waals surface area contributed by atoms with Crippen LogP contribution in [0.15, 0.2) is 54.6 Å². The number of benzene rings is 2. The summed E-state index contributed by atoms with van der Waals surface area (Å²) in [5.74, 6) is -1.24. The van der Waals surface area contributed by atoms with E-state index in [4.69, 9.17) is 0 Å². The first-order valence-corrected chi connectivity index (χ1v) is 7.87. The number of carbonyl (C=O) groups is 2. The van der Waals surface area contributed by atoms with Crippen LogP contribution in [0.1, 0.15) is 23.1 Å². The molecule has 2 rings (SSSR count). The van der Waals surface area contributed by atoms with Crippen molar-refractivity contribution in [1.82, 2.24) is 5.32 Å². The lowest BCUT2D eigenvalue weighted by Crippen LogP contribution is -2.32. The normalized spacial score (nSPS) is 11.2. The summed E-state index contributed by atoms with van der Waals surface area (Å²) < 4.78 is 37.4. The standard InChI is InChI=1S/C19H18F3NO2/c20-19(21,22)16-9-6-15(7-10-16)8-11-17(24)18(25)23-13-12-14-4-2-1-3-5-14/h1-7,9-10H,8,11-13H2,(H,23,25). The molecule has 132 valence electrons. The number of halogens is 3. The minimum atomic E-state index is -4.38. The first-order valence-electron chi connectivity index (χ1n) is 7.87. The number of hydrogen-bond acceptors (Lipinski definition) is 2. The molecule has 25 heavy (non-hydrogen) atoms. The zero-order valence-electron chi connectivity index (χ0n) is 13.5. The molecule has 0 radical (unpaired) electrons. The zero-order chi connectivity index (χ0) is 18.3. The molecule has 1 amide bonds. The molecule has 2 aromatic carbocycles. The van der Waals surface area contributed by atoms with Crippen LogP contribution >= 0.6 is 0 Å². The summed E-state index contributed by atoms with van der Waals surface area (Å²) in [7, 11) is 0. The van der Waals surface area contributed by atoms with Gasteiger partial charge in [-0.2, -0.15) is 13.2 Å². The molecule has 0 heterocycles. The van der Waals surface area contributed by atoms with Crippen LogP contribution in [0.5, 0.6) is 0 Å². The van der Waals surface area contributed by atoms with Crippen molar-refractivity contribution in [3.05, 3.63) is 71.3 Å². The van der Waals surface area contributed by atoms with E-state index in [2.05, 4.69) is 5.32 Å². The second kappa shape index (κ2) is 8.46. The van der Waals surface area contributed by atoms with Gasteiger partial charge in [-0.3, -0.25) is 9.59 Å². The van der Waals surface area contributed by atoms with Gasteiger partial charge in [0.15, 0.2) is 0 Å². The van der Waals surface area contributed by atoms with Gasteiger partial charge in [-0.05, 0) is 36.1 Å². The molecule has 2 aromatic rings. The third-order valence-corrected chi connectivity index (χ3v) is 3.72. The predicted molar refractivity (Wildman–Crippen MR) is 87.9 cm³/mol. The summed E-state index contributed by atoms with van der Waals surface area (Å²) in [6.45, 7) is 0.356. The Kier molecular flexibility index (Phi) is 6.33. The molecule has 0 atom stereocenters. The number of hydrogen-bond donors (Lipinski definition) is 1. The minimum absolute atomic E-state index is 0.0392. The Morgan fingerprint density at radius 1 is 0.840 bits per heavy atom. The van der Waals surface area contributed by atoms with E-state index in [1.165, 1.54) is 12.1 Å². The lowest BCUT2D eigenvalue weighted by molar-refractivity contribution is -0.137. The van der Waals surface area contributed by atoms with Gasteiger partial charge in [-0.1, -0.05) is 42.5 Å². The molecule has 3 nitrogen and oxygen atoms in total. The monoisotopic (exact) mass is 349 g/mol. The number of amides is 1. The van der Waals surface area contributed by atoms with Crippen LogP contribution in [0.25, 0.3) is 0 Å². The van der Waals surface area contributed by atoms with Crippen LogP contribution in [0, 0.1) is 0 Å². The maximum atomic E-state index is 12.5. The van der Waals surface area contributed by atoms with E-state index in [1.807, 2.05) is 30.3 Å². The maximum Gasteiger partial charge on any atom is 0.416 e. The number of carbonyl (C=O) groups excluding carboxylic acids is 2. The van der Waals surface area contributed by atoms with E-state index in [0.717, 1.165) is 17.7 Å². The Morgan fingerprint density at radius 2 is 1.44 bits per heavy atom. The molecule has 0 aliphatic rings. The second-order valence-electron chi connectivity index (χ2n) is 5.61. The van der Waals surface area contributed by atoms with Crippen molar-refractivity contribution >= 4 is 11.7 Å². The fourth-order valence-corrected chi connectivity index (χ4v) is 2.30. The third-order valence-electron chi connectivity index (χ3n) is 3.72. The van der Waals surface area contributed by atoms with Crippen molar-refractivity contribution in [2.75, 3.05) is 6.54 Å². The maximum absolute atomic E-state index is 12.5. The van der Waals surface area contributed by atoms with Gasteiger partial charge in [0, 0.05) is 13.0 Å². The molecule has 0 aliphatic carbocycles. The lowest BCUT2D eigenvalue weighted by Gasteiger charge is -2.08. The minimum Gasteiger partial charge on any atom is -0.349 e. The van der Waals surface area contributed by atoms with Gasteiger partial charge in [-0.25, -0.2) is 0 Å². The fraction of sp³-hybridized carbons (Fsp3) is 0.263. The Morgan fingerprint density at radius 3 is 2.04 bits per heavy atom. The van der Waals surface area contributed by atoms with Gasteiger partial charge in [-0.15, -0.1) is 0 Å². The van der Waals surface area contributed by atoms with Crippen LogP contribution in [0.4, 0.5) is 13.2 Å². The van der Waals surface area contributed by atoms with Gasteiger partial charge in [0.25, 0.3) is 5.91 Å². The Labute approximate surface area is 143 Å². The van der Waals surface area contributed by atoms with E-state index in [-0.39, 0.29) is 12.8 Å². The van der Waals surface area contributed by atoms with Crippen molar-refractivity contribution in [2.24, 2.45) is 0 Å². The van der Waals surface area contributed by atoms with E-state index in [9.17, 15) is 22.8 Å². The van der Waals surface area contributed by atoms with E-state index in [0.29, 0.717) is 18.5 Å². The average Bonchev–Trinajstić information content (AvgIpc) is 2.60. The molecule has 0 aromatic heterocycles. The molecule has 0 saturated heterocycles. The third kappa shape index (κ3) is 6.06. The van der Waals surface area contributed by atoms with Gasteiger partial charge >= 0.3 is 6.18 Å². The van der Waals surface area contributed by atoms with Gasteiger partial charge in [0.2, 0.25) is 5.78 Å². The number of Topliss-reactive ketones (excluding diaryl/α,β-unsaturated/α-hetero) is 1. The number of rotatable bonds is 7. The highest BCUT2D eigenvalue weighted by Crippen LogP contribution is 2.29. The van der Waals surface area contributed by atoms with Gasteiger partial charge in [0.05, 0.1) is 5.56 Å². The molecule has 0 fully saturated rings. The smallest absolute Gasteiger partial charge is 0.349 e. The Bertz CT molecular complexity index is 710. The quantitative estimate of drug-likeness (QED) is 0.777. The summed E-state index contributed by atoms with van der Waals surface area (Å²) in [6.07, 6.45) is -3.57. The predicted octanol–water partition coefficient (Wildman–Crippen LogP) is 3.57. The molecule has 6 heteroatoms. The molecule has 0 aliphatic heterocycles. The number of aryl methyl sites for hydroxylation is 1. The van der Waals surface area contributed by atoms with Crippen molar-refractivity contribution in [3.8, 4) is 0 Å². The van der Waals surface area contributed by atoms with Crippen molar-refractivity contribution in [1.29, 1.82) is 0 Å². The van der Waals surface area contributed by atoms with E-state index >= 15 is 0 Å². The van der Waals surface area contributed by atoms with Crippen molar-refractivity contribution in [2.45, 2.75) is 25.4 Å². The van der Waals surface area contributed by atoms with Crippen molar-refractivity contribution < 1.29 is 22.8 Å². The number of ketones is 1. The topological polar surface area (TPSA) is 46.2 Å². The summed E-state index contributed by atoms with van der Waals surface area (Å²) in [5, 5.41) is 2.56. The summed E-state index contributed by atoms with van der Waals surface area (Å²) in [6, 6.07) is 14.1. The van der Waals surface area contributed by atoms with Crippen LogP contribution in [-0.2, 0) is 28.6 Å². The molecule has 0 bridgehead atoms. The highest BCUT2D eigenvalue weighted by Gasteiger charge is 2.29. The summed E-state index contributed by atoms with van der Waals surface area (Å²) >= 11 is 0. The first kappa shape index (κ1) is 18.7. The highest BCUT2D eigenvalue weighted by molar-refractivity contribution is 6.36. The Balaban J connectivity index is 1.74. The van der Waals surface area contributed by atoms with Gasteiger partial charge < -0.3 is 5.32 Å². The lowest BCUT2D eigenvalue weighted by atomic mass is 10.1. The molecular formula is C19H18F3NO2. The van der Waals surface area contributed by atoms with Crippen LogP contribution in [0.3, 0.4) is 0 Å². The fourth-order valence-electron chi connectivity index (χ4n) is 2.30. The largest absolute Gasteiger partial charge is 0.416 e. The molecule has 0 spiro atoms. The average molecular weight is 349 g/mol. The second-order valence-corrected chi connectivity index (χ2v) is 5.61. The molecule has 0 saturated carbocycles. The van der Waals surface area contributed by atoms with Crippen LogP contribution < -0.4 is 5.32 Å². The van der Waals surface area contributed by atoms with E-state index in [1.54, 1.807) is 0 Å². The summed E-state index contributed by atoms with van der Waals surface area (Å²) in [5.41, 5.74) is 0.902. The van der Waals surface area contributed by atoms with E-state index < -0.39 is 23.4 Å². The highest BCUT2D eigenvalue weighted by atomic mass is 19.4. The summed E-state index contributed by atoms with van der Waals surface area (Å²) in [4.78, 5) is 23.5. The number of alkyl halides is 3. The molecule has 0 unspecified atom stereocenters. The first-order chi connectivity index (χ1) is 11.9. The van der Waals surface area contributed by atoms with Crippen LogP contribution in [0.2, 0.25) is 0 Å². The number of nitrogens with one attached hydrogen (secondary N) is 1. The van der Waals surface area contributed by atoms with Crippen LogP contribution in [-0.4, -0.2) is 18.2 Å². The van der Waals surface area contributed by atoms with Crippen molar-refractivity contribution in [3.63, 3.8) is 0 Å². The molecule has 1 N–H and O–H groups in total. The van der Waals surface area contributed by atoms with Gasteiger partial charge in [0.1, 0.15) is 0 Å². The zero-order valence-corrected chi connectivity index (χ0v) is 13.5.